The molecule has 4 heteroatoms. The van der Waals surface area contributed by atoms with Gasteiger partial charge in [-0.05, 0) is 44.0 Å². The van der Waals surface area contributed by atoms with E-state index >= 15 is 0 Å². The van der Waals surface area contributed by atoms with Gasteiger partial charge in [0.05, 0.1) is 12.8 Å². The lowest BCUT2D eigenvalue weighted by atomic mass is 10.1. The number of aryl methyl sites for hydroxylation is 2. The van der Waals surface area contributed by atoms with Crippen molar-refractivity contribution in [2.24, 2.45) is 11.7 Å². The van der Waals surface area contributed by atoms with E-state index < -0.39 is 0 Å². The van der Waals surface area contributed by atoms with Crippen LogP contribution in [0.1, 0.15) is 24.5 Å². The second kappa shape index (κ2) is 6.40. The van der Waals surface area contributed by atoms with E-state index in [2.05, 4.69) is 5.32 Å². The second-order valence-corrected chi connectivity index (χ2v) is 4.63. The van der Waals surface area contributed by atoms with Gasteiger partial charge < -0.3 is 15.8 Å². The predicted molar refractivity (Wildman–Crippen MR) is 73.9 cm³/mol. The van der Waals surface area contributed by atoms with Crippen molar-refractivity contribution in [2.75, 3.05) is 19.0 Å². The lowest BCUT2D eigenvalue weighted by Gasteiger charge is -2.16. The molecule has 0 radical (unpaired) electrons. The molecule has 18 heavy (non-hydrogen) atoms. The zero-order chi connectivity index (χ0) is 13.7. The average Bonchev–Trinajstić information content (AvgIpc) is 2.32. The molecule has 0 aliphatic heterocycles. The summed E-state index contributed by atoms with van der Waals surface area (Å²) in [6.45, 7) is 6.34. The number of hydrogen-bond donors (Lipinski definition) is 2. The molecule has 1 atom stereocenters. The van der Waals surface area contributed by atoms with Crippen LogP contribution >= 0.6 is 0 Å². The quantitative estimate of drug-likeness (QED) is 0.842. The molecule has 1 aromatic carbocycles. The SMILES string of the molecule is COc1cc(C)cc(C)c1NC(=O)C(C)CCN. The van der Waals surface area contributed by atoms with Gasteiger partial charge in [0.25, 0.3) is 0 Å². The summed E-state index contributed by atoms with van der Waals surface area (Å²) in [5, 5.41) is 2.92. The zero-order valence-corrected chi connectivity index (χ0v) is 11.5. The molecule has 4 nitrogen and oxygen atoms in total. The lowest BCUT2D eigenvalue weighted by Crippen LogP contribution is -2.23. The van der Waals surface area contributed by atoms with Gasteiger partial charge in [0, 0.05) is 5.92 Å². The molecule has 0 aliphatic carbocycles. The average molecular weight is 250 g/mol. The Balaban J connectivity index is 2.93. The molecule has 1 unspecified atom stereocenters. The van der Waals surface area contributed by atoms with E-state index in [1.807, 2.05) is 32.9 Å². The minimum Gasteiger partial charge on any atom is -0.495 e. The summed E-state index contributed by atoms with van der Waals surface area (Å²) in [5.74, 6) is 0.576. The Morgan fingerprint density at radius 2 is 2.11 bits per heavy atom. The fourth-order valence-corrected chi connectivity index (χ4v) is 1.88. The number of carbonyl (C=O) groups excluding carboxylic acids is 1. The van der Waals surface area contributed by atoms with Gasteiger partial charge in [0.1, 0.15) is 5.75 Å². The first-order valence-electron chi connectivity index (χ1n) is 6.15. The first-order valence-corrected chi connectivity index (χ1v) is 6.15. The van der Waals surface area contributed by atoms with E-state index in [4.69, 9.17) is 10.5 Å². The Bertz CT molecular complexity index is 430. The van der Waals surface area contributed by atoms with Crippen LogP contribution in [-0.4, -0.2) is 19.6 Å². The van der Waals surface area contributed by atoms with Crippen molar-refractivity contribution in [1.29, 1.82) is 0 Å². The molecule has 0 saturated heterocycles. The molecular weight excluding hydrogens is 228 g/mol. The summed E-state index contributed by atoms with van der Waals surface area (Å²) in [6, 6.07) is 3.93. The van der Waals surface area contributed by atoms with Gasteiger partial charge in [0.2, 0.25) is 5.91 Å². The molecule has 0 spiro atoms. The van der Waals surface area contributed by atoms with Crippen molar-refractivity contribution in [3.05, 3.63) is 23.3 Å². The molecule has 100 valence electrons. The van der Waals surface area contributed by atoms with Gasteiger partial charge >= 0.3 is 0 Å². The molecule has 0 fully saturated rings. The summed E-state index contributed by atoms with van der Waals surface area (Å²) in [4.78, 5) is 12.0. The first-order chi connectivity index (χ1) is 8.49. The van der Waals surface area contributed by atoms with E-state index in [1.54, 1.807) is 7.11 Å². The maximum Gasteiger partial charge on any atom is 0.227 e. The van der Waals surface area contributed by atoms with Gasteiger partial charge in [-0.15, -0.1) is 0 Å². The Morgan fingerprint density at radius 3 is 2.67 bits per heavy atom. The lowest BCUT2D eigenvalue weighted by molar-refractivity contribution is -0.119. The normalized spacial score (nSPS) is 12.1. The summed E-state index contributed by atoms with van der Waals surface area (Å²) >= 11 is 0. The fraction of sp³-hybridized carbons (Fsp3) is 0.500. The number of nitrogens with two attached hydrogens (primary N) is 1. The number of nitrogens with one attached hydrogen (secondary N) is 1. The van der Waals surface area contributed by atoms with Gasteiger partial charge in [-0.25, -0.2) is 0 Å². The number of ether oxygens (including phenoxy) is 1. The van der Waals surface area contributed by atoms with Crippen molar-refractivity contribution in [2.45, 2.75) is 27.2 Å². The van der Waals surface area contributed by atoms with Gasteiger partial charge in [-0.1, -0.05) is 13.0 Å². The van der Waals surface area contributed by atoms with Crippen molar-refractivity contribution in [1.82, 2.24) is 0 Å². The van der Waals surface area contributed by atoms with Gasteiger partial charge in [-0.3, -0.25) is 4.79 Å². The molecule has 0 heterocycles. The summed E-state index contributed by atoms with van der Waals surface area (Å²) < 4.78 is 5.31. The third-order valence-electron chi connectivity index (χ3n) is 2.96. The molecule has 1 rings (SSSR count). The van der Waals surface area contributed by atoms with Crippen LogP contribution in [0.4, 0.5) is 5.69 Å². The molecule has 3 N–H and O–H groups in total. The van der Waals surface area contributed by atoms with E-state index in [0.29, 0.717) is 18.7 Å². The van der Waals surface area contributed by atoms with Crippen molar-refractivity contribution >= 4 is 11.6 Å². The number of benzene rings is 1. The highest BCUT2D eigenvalue weighted by Gasteiger charge is 2.16. The number of carbonyl (C=O) groups is 1. The Labute approximate surface area is 109 Å². The highest BCUT2D eigenvalue weighted by molar-refractivity contribution is 5.94. The Morgan fingerprint density at radius 1 is 1.44 bits per heavy atom. The number of methoxy groups -OCH3 is 1. The van der Waals surface area contributed by atoms with Crippen LogP contribution in [0.15, 0.2) is 12.1 Å². The molecule has 1 amide bonds. The van der Waals surface area contributed by atoms with E-state index in [1.165, 1.54) is 0 Å². The number of hydrogen-bond acceptors (Lipinski definition) is 3. The molecule has 0 saturated carbocycles. The van der Waals surface area contributed by atoms with E-state index in [-0.39, 0.29) is 11.8 Å². The number of anilines is 1. The number of rotatable bonds is 5. The number of amides is 1. The Kier molecular flexibility index (Phi) is 5.16. The first kappa shape index (κ1) is 14.5. The summed E-state index contributed by atoms with van der Waals surface area (Å²) in [5.41, 5.74) is 8.32. The highest BCUT2D eigenvalue weighted by Crippen LogP contribution is 2.30. The van der Waals surface area contributed by atoms with E-state index in [0.717, 1.165) is 16.8 Å². The zero-order valence-electron chi connectivity index (χ0n) is 11.5. The van der Waals surface area contributed by atoms with Crippen molar-refractivity contribution < 1.29 is 9.53 Å². The standard InChI is InChI=1S/C14H22N2O2/c1-9-7-11(3)13(12(8-9)18-4)16-14(17)10(2)5-6-15/h7-8,10H,5-6,15H2,1-4H3,(H,16,17). The molecule has 0 aliphatic rings. The van der Waals surface area contributed by atoms with Gasteiger partial charge in [0.15, 0.2) is 0 Å². The van der Waals surface area contributed by atoms with Crippen LogP contribution in [-0.2, 0) is 4.79 Å². The fourth-order valence-electron chi connectivity index (χ4n) is 1.88. The molecule has 1 aromatic rings. The maximum absolute atomic E-state index is 12.0. The Hall–Kier alpha value is -1.55. The maximum atomic E-state index is 12.0. The predicted octanol–water partition coefficient (Wildman–Crippen LogP) is 2.24. The topological polar surface area (TPSA) is 64.3 Å². The van der Waals surface area contributed by atoms with E-state index in [9.17, 15) is 4.79 Å². The molecule has 0 bridgehead atoms. The van der Waals surface area contributed by atoms with Crippen LogP contribution in [0.3, 0.4) is 0 Å². The molecular formula is C14H22N2O2. The smallest absolute Gasteiger partial charge is 0.227 e. The van der Waals surface area contributed by atoms with Crippen molar-refractivity contribution in [3.8, 4) is 5.75 Å². The third-order valence-corrected chi connectivity index (χ3v) is 2.96. The van der Waals surface area contributed by atoms with Crippen LogP contribution in [0, 0.1) is 19.8 Å². The van der Waals surface area contributed by atoms with Crippen LogP contribution in [0.25, 0.3) is 0 Å². The summed E-state index contributed by atoms with van der Waals surface area (Å²) in [6.07, 6.45) is 0.680. The third kappa shape index (κ3) is 3.47. The highest BCUT2D eigenvalue weighted by atomic mass is 16.5. The van der Waals surface area contributed by atoms with Crippen molar-refractivity contribution in [3.63, 3.8) is 0 Å². The van der Waals surface area contributed by atoms with Crippen LogP contribution < -0.4 is 15.8 Å². The second-order valence-electron chi connectivity index (χ2n) is 4.63. The van der Waals surface area contributed by atoms with Crippen LogP contribution in [0.2, 0.25) is 0 Å². The largest absolute Gasteiger partial charge is 0.495 e. The monoisotopic (exact) mass is 250 g/mol. The molecule has 0 aromatic heterocycles. The minimum atomic E-state index is -0.0968. The summed E-state index contributed by atoms with van der Waals surface area (Å²) in [7, 11) is 1.60. The van der Waals surface area contributed by atoms with Gasteiger partial charge in [-0.2, -0.15) is 0 Å². The van der Waals surface area contributed by atoms with Crippen LogP contribution in [0.5, 0.6) is 5.75 Å². The minimum absolute atomic E-state index is 0.0225.